The molecule has 0 bridgehead atoms. The lowest BCUT2D eigenvalue weighted by Crippen LogP contribution is -2.53. The minimum atomic E-state index is -0.0360. The van der Waals surface area contributed by atoms with E-state index in [1.165, 1.54) is 0 Å². The van der Waals surface area contributed by atoms with E-state index in [-0.39, 0.29) is 12.1 Å². The number of hydrogen-bond donors (Lipinski definition) is 1. The van der Waals surface area contributed by atoms with Crippen molar-refractivity contribution < 1.29 is 4.79 Å². The Balaban J connectivity index is 1.65. The Bertz CT molecular complexity index is 692. The van der Waals surface area contributed by atoms with Crippen molar-refractivity contribution in [2.45, 2.75) is 19.5 Å². The maximum atomic E-state index is 12.5. The molecule has 0 radical (unpaired) electrons. The van der Waals surface area contributed by atoms with E-state index in [9.17, 15) is 4.79 Å². The van der Waals surface area contributed by atoms with Crippen molar-refractivity contribution in [3.05, 3.63) is 36.2 Å². The molecule has 1 saturated heterocycles. The van der Waals surface area contributed by atoms with Gasteiger partial charge in [0.25, 0.3) is 0 Å². The van der Waals surface area contributed by atoms with Gasteiger partial charge in [0.15, 0.2) is 0 Å². The van der Waals surface area contributed by atoms with Crippen molar-refractivity contribution in [2.75, 3.05) is 26.2 Å². The van der Waals surface area contributed by atoms with Gasteiger partial charge in [-0.25, -0.2) is 9.78 Å². The summed E-state index contributed by atoms with van der Waals surface area (Å²) in [4.78, 5) is 21.3. The lowest BCUT2D eigenvalue weighted by Gasteiger charge is -2.40. The van der Waals surface area contributed by atoms with Crippen LogP contribution >= 0.6 is 0 Å². The van der Waals surface area contributed by atoms with Crippen LogP contribution in [0.3, 0.4) is 0 Å². The summed E-state index contributed by atoms with van der Waals surface area (Å²) in [6, 6.07) is 2.00. The summed E-state index contributed by atoms with van der Waals surface area (Å²) in [6.07, 6.45) is 5.49. The van der Waals surface area contributed by atoms with Crippen molar-refractivity contribution >= 4 is 6.03 Å². The molecule has 130 valence electrons. The molecule has 0 aliphatic carbocycles. The highest BCUT2D eigenvalue weighted by Crippen LogP contribution is 2.23. The summed E-state index contributed by atoms with van der Waals surface area (Å²) in [5, 5.41) is 7.11. The average Bonchev–Trinajstić information content (AvgIpc) is 3.20. The minimum Gasteiger partial charge on any atom is -0.337 e. The van der Waals surface area contributed by atoms with Crippen LogP contribution in [0.5, 0.6) is 0 Å². The summed E-state index contributed by atoms with van der Waals surface area (Å²) in [7, 11) is 3.87. The lowest BCUT2D eigenvalue weighted by molar-refractivity contribution is 0.0877. The number of carbonyl (C=O) groups is 1. The number of carbonyl (C=O) groups excluding carboxylic acids is 1. The van der Waals surface area contributed by atoms with Gasteiger partial charge in [-0.2, -0.15) is 5.10 Å². The Labute approximate surface area is 142 Å². The first-order valence-corrected chi connectivity index (χ1v) is 8.31. The third kappa shape index (κ3) is 3.28. The molecule has 1 aliphatic heterocycles. The predicted molar refractivity (Wildman–Crippen MR) is 90.2 cm³/mol. The third-order valence-corrected chi connectivity index (χ3v) is 4.68. The minimum absolute atomic E-state index is 0.0360. The monoisotopic (exact) mass is 331 g/mol. The van der Waals surface area contributed by atoms with E-state index in [2.05, 4.69) is 27.2 Å². The van der Waals surface area contributed by atoms with E-state index in [4.69, 9.17) is 0 Å². The highest BCUT2D eigenvalue weighted by molar-refractivity contribution is 5.74. The van der Waals surface area contributed by atoms with E-state index in [0.29, 0.717) is 13.1 Å². The van der Waals surface area contributed by atoms with Gasteiger partial charge >= 0.3 is 6.03 Å². The van der Waals surface area contributed by atoms with Crippen LogP contribution in [-0.2, 0) is 20.6 Å². The molecule has 1 atom stereocenters. The molecule has 0 spiro atoms. The zero-order chi connectivity index (χ0) is 17.1. The van der Waals surface area contributed by atoms with Gasteiger partial charge in [0.1, 0.15) is 5.82 Å². The Morgan fingerprint density at radius 1 is 1.33 bits per heavy atom. The van der Waals surface area contributed by atoms with Gasteiger partial charge in [0.2, 0.25) is 0 Å². The van der Waals surface area contributed by atoms with Gasteiger partial charge in [-0.15, -0.1) is 0 Å². The first kappa shape index (κ1) is 16.5. The molecule has 24 heavy (non-hydrogen) atoms. The van der Waals surface area contributed by atoms with E-state index in [1.54, 1.807) is 10.9 Å². The third-order valence-electron chi connectivity index (χ3n) is 4.68. The first-order chi connectivity index (χ1) is 11.6. The molecule has 2 aromatic heterocycles. The molecule has 1 aliphatic rings. The molecule has 3 rings (SSSR count). The molecule has 0 aromatic carbocycles. The Kier molecular flexibility index (Phi) is 4.84. The molecule has 8 nitrogen and oxygen atoms in total. The van der Waals surface area contributed by atoms with Crippen LogP contribution < -0.4 is 5.32 Å². The fourth-order valence-electron chi connectivity index (χ4n) is 3.18. The number of rotatable bonds is 4. The van der Waals surface area contributed by atoms with Crippen LogP contribution in [-0.4, -0.2) is 61.3 Å². The van der Waals surface area contributed by atoms with Crippen LogP contribution in [0, 0.1) is 0 Å². The number of nitrogens with one attached hydrogen (secondary N) is 1. The Hall–Kier alpha value is -2.35. The number of aromatic nitrogens is 4. The van der Waals surface area contributed by atoms with Crippen molar-refractivity contribution in [2.24, 2.45) is 14.1 Å². The summed E-state index contributed by atoms with van der Waals surface area (Å²) in [5.41, 5.74) is 0.983. The maximum Gasteiger partial charge on any atom is 0.317 e. The molecule has 1 N–H and O–H groups in total. The fourth-order valence-corrected chi connectivity index (χ4v) is 3.18. The van der Waals surface area contributed by atoms with Crippen molar-refractivity contribution in [3.63, 3.8) is 0 Å². The number of amides is 2. The largest absolute Gasteiger partial charge is 0.337 e. The highest BCUT2D eigenvalue weighted by Gasteiger charge is 2.31. The van der Waals surface area contributed by atoms with Gasteiger partial charge in [-0.05, 0) is 12.6 Å². The second-order valence-corrected chi connectivity index (χ2v) is 6.09. The number of imidazole rings is 1. The molecule has 0 unspecified atom stereocenters. The molecule has 2 aromatic rings. The summed E-state index contributed by atoms with van der Waals surface area (Å²) in [6.45, 7) is 5.81. The molecule has 0 saturated carbocycles. The lowest BCUT2D eigenvalue weighted by atomic mass is 10.1. The van der Waals surface area contributed by atoms with Gasteiger partial charge in [0, 0.05) is 52.3 Å². The Morgan fingerprint density at radius 3 is 2.79 bits per heavy atom. The van der Waals surface area contributed by atoms with E-state index in [0.717, 1.165) is 31.2 Å². The van der Waals surface area contributed by atoms with Crippen LogP contribution in [0.4, 0.5) is 4.79 Å². The average molecular weight is 331 g/mol. The van der Waals surface area contributed by atoms with E-state index < -0.39 is 0 Å². The van der Waals surface area contributed by atoms with Crippen LogP contribution in [0.25, 0.3) is 0 Å². The summed E-state index contributed by atoms with van der Waals surface area (Å²) in [5.74, 6) is 1.00. The molecular formula is C16H25N7O. The van der Waals surface area contributed by atoms with Gasteiger partial charge < -0.3 is 14.8 Å². The Morgan fingerprint density at radius 2 is 2.17 bits per heavy atom. The van der Waals surface area contributed by atoms with Crippen LogP contribution in [0.15, 0.2) is 24.7 Å². The standard InChI is InChI=1S/C16H25N7O/c1-4-22-9-10-23(12-14(22)15-17-7-8-20(15)2)16(24)18-11-13-5-6-19-21(13)3/h5-8,14H,4,9-12H2,1-3H3,(H,18,24)/t14-/m1/s1. The number of urea groups is 1. The van der Waals surface area contributed by atoms with Crippen LogP contribution in [0.1, 0.15) is 24.5 Å². The van der Waals surface area contributed by atoms with Crippen molar-refractivity contribution in [1.29, 1.82) is 0 Å². The van der Waals surface area contributed by atoms with E-state index in [1.807, 2.05) is 42.0 Å². The number of likely N-dealkylation sites (N-methyl/N-ethyl adjacent to an activating group) is 1. The van der Waals surface area contributed by atoms with Crippen LogP contribution in [0.2, 0.25) is 0 Å². The zero-order valence-corrected chi connectivity index (χ0v) is 14.5. The molecule has 1 fully saturated rings. The van der Waals surface area contributed by atoms with Crippen molar-refractivity contribution in [3.8, 4) is 0 Å². The summed E-state index contributed by atoms with van der Waals surface area (Å²) < 4.78 is 3.80. The molecule has 2 amide bonds. The smallest absolute Gasteiger partial charge is 0.317 e. The maximum absolute atomic E-state index is 12.5. The fraction of sp³-hybridized carbons (Fsp3) is 0.562. The van der Waals surface area contributed by atoms with Crippen molar-refractivity contribution in [1.82, 2.24) is 34.4 Å². The predicted octanol–water partition coefficient (Wildman–Crippen LogP) is 0.742. The molecular weight excluding hydrogens is 306 g/mol. The van der Waals surface area contributed by atoms with Gasteiger partial charge in [0.05, 0.1) is 18.3 Å². The number of nitrogens with zero attached hydrogens (tertiary/aromatic N) is 6. The number of hydrogen-bond acceptors (Lipinski definition) is 4. The topological polar surface area (TPSA) is 71.2 Å². The first-order valence-electron chi connectivity index (χ1n) is 8.31. The highest BCUT2D eigenvalue weighted by atomic mass is 16.2. The van der Waals surface area contributed by atoms with Gasteiger partial charge in [-0.1, -0.05) is 6.92 Å². The second kappa shape index (κ2) is 7.04. The SMILES string of the molecule is CCN1CCN(C(=O)NCc2ccnn2C)C[C@@H]1c1nccn1C. The number of piperazine rings is 1. The second-order valence-electron chi connectivity index (χ2n) is 6.09. The number of aryl methyl sites for hydroxylation is 2. The molecule has 3 heterocycles. The quantitative estimate of drug-likeness (QED) is 0.897. The summed E-state index contributed by atoms with van der Waals surface area (Å²) >= 11 is 0. The van der Waals surface area contributed by atoms with Gasteiger partial charge in [-0.3, -0.25) is 9.58 Å². The normalized spacial score (nSPS) is 18.8. The van der Waals surface area contributed by atoms with E-state index >= 15 is 0 Å². The zero-order valence-electron chi connectivity index (χ0n) is 14.5. The molecule has 8 heteroatoms.